The number of fused-ring (bicyclic) bond motifs is 1. The Labute approximate surface area is 157 Å². The van der Waals surface area contributed by atoms with E-state index in [-0.39, 0.29) is 0 Å². The number of hydrogen-bond donors (Lipinski definition) is 1. The van der Waals surface area contributed by atoms with E-state index >= 15 is 0 Å². The van der Waals surface area contributed by atoms with E-state index in [2.05, 4.69) is 73.5 Å². The Morgan fingerprint density at radius 1 is 1.27 bits per heavy atom. The third kappa shape index (κ3) is 3.53. The summed E-state index contributed by atoms with van der Waals surface area (Å²) in [7, 11) is 1.85. The number of aliphatic imine (C=N–C) groups is 1. The van der Waals surface area contributed by atoms with Crippen LogP contribution in [-0.2, 0) is 6.54 Å². The number of nitrogens with zero attached hydrogens (tertiary/aromatic N) is 5. The molecule has 1 aliphatic heterocycles. The molecule has 1 N–H and O–H groups in total. The van der Waals surface area contributed by atoms with E-state index in [9.17, 15) is 0 Å². The summed E-state index contributed by atoms with van der Waals surface area (Å²) in [4.78, 5) is 13.9. The second-order valence-electron chi connectivity index (χ2n) is 6.53. The number of guanidine groups is 1. The fraction of sp³-hybridized carbons (Fsp3) is 0.368. The van der Waals surface area contributed by atoms with Crippen LogP contribution in [0.15, 0.2) is 47.0 Å². The van der Waals surface area contributed by atoms with E-state index in [4.69, 9.17) is 4.98 Å². The van der Waals surface area contributed by atoms with Crippen molar-refractivity contribution >= 4 is 27.9 Å². The van der Waals surface area contributed by atoms with Crippen LogP contribution in [0.3, 0.4) is 0 Å². The lowest BCUT2D eigenvalue weighted by molar-refractivity contribution is 0.373. The van der Waals surface area contributed by atoms with Gasteiger partial charge in [0.1, 0.15) is 5.65 Å². The van der Waals surface area contributed by atoms with Crippen LogP contribution in [-0.4, -0.2) is 53.5 Å². The number of pyridine rings is 1. The van der Waals surface area contributed by atoms with Crippen LogP contribution in [0.2, 0.25) is 0 Å². The Kier molecular flexibility index (Phi) is 4.79. The fourth-order valence-corrected chi connectivity index (χ4v) is 4.10. The fourth-order valence-electron chi connectivity index (χ4n) is 3.31. The highest BCUT2D eigenvalue weighted by Crippen LogP contribution is 2.22. The summed E-state index contributed by atoms with van der Waals surface area (Å²) in [6, 6.07) is 8.50. The molecule has 0 radical (unpaired) electrons. The Bertz CT molecular complexity index is 890. The minimum atomic E-state index is 0.679. The van der Waals surface area contributed by atoms with Crippen LogP contribution < -0.4 is 10.2 Å². The third-order valence-electron chi connectivity index (χ3n) is 4.70. The second-order valence-corrected chi connectivity index (χ2v) is 7.45. The number of anilines is 1. The Morgan fingerprint density at radius 2 is 2.12 bits per heavy atom. The van der Waals surface area contributed by atoms with Gasteiger partial charge in [0.15, 0.2) is 5.96 Å². The zero-order valence-electron chi connectivity index (χ0n) is 15.2. The lowest BCUT2D eigenvalue weighted by Gasteiger charge is -2.36. The first-order valence-corrected chi connectivity index (χ1v) is 9.79. The minimum Gasteiger partial charge on any atom is -0.360 e. The maximum Gasteiger partial charge on any atom is 0.194 e. The van der Waals surface area contributed by atoms with E-state index in [1.54, 1.807) is 11.3 Å². The number of aryl methyl sites for hydroxylation is 1. The van der Waals surface area contributed by atoms with Gasteiger partial charge < -0.3 is 19.5 Å². The zero-order chi connectivity index (χ0) is 17.9. The molecule has 136 valence electrons. The Balaban J connectivity index is 1.36. The Hall–Kier alpha value is -2.54. The lowest BCUT2D eigenvalue weighted by atomic mass is 10.3. The first-order valence-electron chi connectivity index (χ1n) is 8.91. The van der Waals surface area contributed by atoms with Gasteiger partial charge >= 0.3 is 0 Å². The van der Waals surface area contributed by atoms with Crippen LogP contribution in [0, 0.1) is 6.92 Å². The van der Waals surface area contributed by atoms with Gasteiger partial charge in [0, 0.05) is 45.6 Å². The number of aromatic nitrogens is 2. The number of thiophene rings is 1. The van der Waals surface area contributed by atoms with E-state index in [0.717, 1.165) is 43.5 Å². The molecule has 0 aromatic carbocycles. The standard InChI is InChI=1S/C19H24N6S/c1-15-5-6-25-14-16(22-17(25)12-15)13-21-19(20-2)24-9-7-23(8-10-24)18-4-3-11-26-18/h3-6,11-12,14H,7-10,13H2,1-2H3,(H,20,21). The normalized spacial score (nSPS) is 15.7. The summed E-state index contributed by atoms with van der Waals surface area (Å²) in [5.74, 6) is 0.948. The summed E-state index contributed by atoms with van der Waals surface area (Å²) in [6.45, 7) is 6.76. The monoisotopic (exact) mass is 368 g/mol. The molecule has 26 heavy (non-hydrogen) atoms. The molecule has 0 amide bonds. The molecule has 7 heteroatoms. The van der Waals surface area contributed by atoms with Crippen molar-refractivity contribution in [2.45, 2.75) is 13.5 Å². The predicted molar refractivity (Wildman–Crippen MR) is 108 cm³/mol. The van der Waals surface area contributed by atoms with E-state index < -0.39 is 0 Å². The first kappa shape index (κ1) is 16.9. The number of hydrogen-bond acceptors (Lipinski definition) is 4. The summed E-state index contributed by atoms with van der Waals surface area (Å²) in [5.41, 5.74) is 3.23. The van der Waals surface area contributed by atoms with Gasteiger partial charge in [0.2, 0.25) is 0 Å². The largest absolute Gasteiger partial charge is 0.360 e. The van der Waals surface area contributed by atoms with E-state index in [1.807, 2.05) is 7.05 Å². The van der Waals surface area contributed by atoms with Crippen LogP contribution in [0.25, 0.3) is 5.65 Å². The van der Waals surface area contributed by atoms with Gasteiger partial charge in [-0.2, -0.15) is 0 Å². The highest BCUT2D eigenvalue weighted by molar-refractivity contribution is 7.14. The zero-order valence-corrected chi connectivity index (χ0v) is 16.0. The number of rotatable bonds is 3. The molecule has 0 unspecified atom stereocenters. The number of piperazine rings is 1. The van der Waals surface area contributed by atoms with Gasteiger partial charge in [-0.05, 0) is 42.1 Å². The molecule has 0 atom stereocenters. The van der Waals surface area contributed by atoms with Crippen molar-refractivity contribution < 1.29 is 0 Å². The van der Waals surface area contributed by atoms with Crippen molar-refractivity contribution in [3.8, 4) is 0 Å². The lowest BCUT2D eigenvalue weighted by Crippen LogP contribution is -2.52. The van der Waals surface area contributed by atoms with Gasteiger partial charge in [-0.15, -0.1) is 11.3 Å². The number of imidazole rings is 1. The van der Waals surface area contributed by atoms with Crippen LogP contribution in [0.1, 0.15) is 11.3 Å². The Morgan fingerprint density at radius 3 is 2.85 bits per heavy atom. The van der Waals surface area contributed by atoms with Crippen molar-refractivity contribution in [1.82, 2.24) is 19.6 Å². The summed E-state index contributed by atoms with van der Waals surface area (Å²) >= 11 is 1.81. The summed E-state index contributed by atoms with van der Waals surface area (Å²) in [6.07, 6.45) is 4.13. The number of nitrogens with one attached hydrogen (secondary N) is 1. The van der Waals surface area contributed by atoms with Crippen molar-refractivity contribution in [3.63, 3.8) is 0 Å². The smallest absolute Gasteiger partial charge is 0.194 e. The SMILES string of the molecule is CN=C(NCc1cn2ccc(C)cc2n1)N1CCN(c2cccs2)CC1. The molecule has 3 aromatic heterocycles. The first-order chi connectivity index (χ1) is 12.7. The molecule has 1 aliphatic rings. The second kappa shape index (κ2) is 7.37. The molecule has 1 saturated heterocycles. The van der Waals surface area contributed by atoms with Gasteiger partial charge in [0.25, 0.3) is 0 Å². The van der Waals surface area contributed by atoms with Crippen molar-refractivity contribution in [3.05, 3.63) is 53.3 Å². The minimum absolute atomic E-state index is 0.679. The van der Waals surface area contributed by atoms with Crippen LogP contribution >= 0.6 is 11.3 Å². The highest BCUT2D eigenvalue weighted by atomic mass is 32.1. The van der Waals surface area contributed by atoms with E-state index in [1.165, 1.54) is 10.6 Å². The molecule has 0 bridgehead atoms. The molecule has 1 fully saturated rings. The third-order valence-corrected chi connectivity index (χ3v) is 5.63. The molecule has 4 rings (SSSR count). The van der Waals surface area contributed by atoms with E-state index in [0.29, 0.717) is 6.54 Å². The molecular weight excluding hydrogens is 344 g/mol. The van der Waals surface area contributed by atoms with Crippen LogP contribution in [0.5, 0.6) is 0 Å². The summed E-state index contributed by atoms with van der Waals surface area (Å²) in [5, 5.41) is 6.96. The maximum absolute atomic E-state index is 4.69. The van der Waals surface area contributed by atoms with Crippen LogP contribution in [0.4, 0.5) is 5.00 Å². The average Bonchev–Trinajstić information content (AvgIpc) is 3.32. The molecule has 4 heterocycles. The van der Waals surface area contributed by atoms with Gasteiger partial charge in [-0.25, -0.2) is 4.98 Å². The van der Waals surface area contributed by atoms with Gasteiger partial charge in [0.05, 0.1) is 17.2 Å². The quantitative estimate of drug-likeness (QED) is 0.570. The van der Waals surface area contributed by atoms with Gasteiger partial charge in [-0.3, -0.25) is 4.99 Å². The van der Waals surface area contributed by atoms with Gasteiger partial charge in [-0.1, -0.05) is 0 Å². The molecule has 3 aromatic rings. The maximum atomic E-state index is 4.69. The topological polar surface area (TPSA) is 48.2 Å². The summed E-state index contributed by atoms with van der Waals surface area (Å²) < 4.78 is 2.06. The molecule has 0 spiro atoms. The predicted octanol–water partition coefficient (Wildman–Crippen LogP) is 2.60. The average molecular weight is 369 g/mol. The van der Waals surface area contributed by atoms with Crippen molar-refractivity contribution in [2.24, 2.45) is 4.99 Å². The molecule has 6 nitrogen and oxygen atoms in total. The molecular formula is C19H24N6S. The highest BCUT2D eigenvalue weighted by Gasteiger charge is 2.20. The van der Waals surface area contributed by atoms with Crippen molar-refractivity contribution in [2.75, 3.05) is 38.1 Å². The van der Waals surface area contributed by atoms with Crippen molar-refractivity contribution in [1.29, 1.82) is 0 Å². The molecule has 0 aliphatic carbocycles. The molecule has 0 saturated carbocycles.